The molecule has 7 nitrogen and oxygen atoms in total. The molecule has 120 valence electrons. The first-order chi connectivity index (χ1) is 10.4. The number of carbonyl (C=O) groups excluding carboxylic acids is 2. The molecule has 7 heteroatoms. The van der Waals surface area contributed by atoms with Crippen LogP contribution in [0.15, 0.2) is 36.5 Å². The Morgan fingerprint density at radius 1 is 1.41 bits per heavy atom. The van der Waals surface area contributed by atoms with Crippen molar-refractivity contribution >= 4 is 17.9 Å². The second-order valence-electron chi connectivity index (χ2n) is 4.50. The fourth-order valence-corrected chi connectivity index (χ4v) is 2.09. The predicted molar refractivity (Wildman–Crippen MR) is 75.7 cm³/mol. The number of carboxylic acid groups (broad SMARTS) is 1. The zero-order chi connectivity index (χ0) is 16.8. The smallest absolute Gasteiger partial charge is 0.341 e. The van der Waals surface area contributed by atoms with Gasteiger partial charge in [0.2, 0.25) is 5.60 Å². The normalized spacial score (nSPS) is 23.4. The molecule has 0 aromatic heterocycles. The van der Waals surface area contributed by atoms with Crippen LogP contribution in [0.1, 0.15) is 13.3 Å². The van der Waals surface area contributed by atoms with Gasteiger partial charge in [-0.2, -0.15) is 0 Å². The van der Waals surface area contributed by atoms with Gasteiger partial charge in [-0.25, -0.2) is 9.59 Å². The van der Waals surface area contributed by atoms with Crippen LogP contribution in [0.2, 0.25) is 0 Å². The molecule has 0 aromatic carbocycles. The van der Waals surface area contributed by atoms with Gasteiger partial charge in [0.25, 0.3) is 0 Å². The summed E-state index contributed by atoms with van der Waals surface area (Å²) in [5, 5.41) is 19.9. The minimum atomic E-state index is -2.43. The molecule has 0 bridgehead atoms. The lowest BCUT2D eigenvalue weighted by molar-refractivity contribution is -0.169. The fraction of sp³-hybridized carbons (Fsp3) is 0.400. The van der Waals surface area contributed by atoms with Gasteiger partial charge >= 0.3 is 17.9 Å². The molecule has 1 aliphatic rings. The van der Waals surface area contributed by atoms with E-state index in [1.54, 1.807) is 6.92 Å². The van der Waals surface area contributed by atoms with Gasteiger partial charge < -0.3 is 19.7 Å². The van der Waals surface area contributed by atoms with Crippen LogP contribution >= 0.6 is 0 Å². The molecular weight excluding hydrogens is 292 g/mol. The van der Waals surface area contributed by atoms with Gasteiger partial charge in [0, 0.05) is 12.5 Å². The maximum Gasteiger partial charge on any atom is 0.341 e. The molecule has 0 aliphatic heterocycles. The minimum absolute atomic E-state index is 0.0391. The molecular formula is C15H18O7. The number of esters is 2. The summed E-state index contributed by atoms with van der Waals surface area (Å²) in [6.45, 7) is 4.73. The Kier molecular flexibility index (Phi) is 6.06. The Hall–Kier alpha value is -2.41. The van der Waals surface area contributed by atoms with Gasteiger partial charge in [-0.3, -0.25) is 4.79 Å². The first-order valence-corrected chi connectivity index (χ1v) is 6.67. The molecule has 2 atom stereocenters. The van der Waals surface area contributed by atoms with Crippen molar-refractivity contribution in [1.29, 1.82) is 0 Å². The van der Waals surface area contributed by atoms with Crippen LogP contribution in [-0.4, -0.2) is 46.9 Å². The SMILES string of the molecule is C=CC(=O)OCCC1=CC=CC(C(=O)OCC)C1(O)C(=O)O. The third-order valence-corrected chi connectivity index (χ3v) is 3.19. The van der Waals surface area contributed by atoms with E-state index in [1.165, 1.54) is 18.2 Å². The van der Waals surface area contributed by atoms with Crippen molar-refractivity contribution in [3.8, 4) is 0 Å². The molecule has 0 aromatic rings. The number of rotatable bonds is 7. The molecule has 0 fully saturated rings. The molecule has 1 rings (SSSR count). The molecule has 22 heavy (non-hydrogen) atoms. The third-order valence-electron chi connectivity index (χ3n) is 3.19. The average molecular weight is 310 g/mol. The van der Waals surface area contributed by atoms with Crippen molar-refractivity contribution in [2.75, 3.05) is 13.2 Å². The van der Waals surface area contributed by atoms with Crippen molar-refractivity contribution in [2.45, 2.75) is 18.9 Å². The summed E-state index contributed by atoms with van der Waals surface area (Å²) in [5.74, 6) is -4.43. The zero-order valence-corrected chi connectivity index (χ0v) is 12.2. The van der Waals surface area contributed by atoms with Crippen molar-refractivity contribution in [1.82, 2.24) is 0 Å². The molecule has 2 unspecified atom stereocenters. The molecule has 0 heterocycles. The Balaban J connectivity index is 2.95. The van der Waals surface area contributed by atoms with Crippen LogP contribution in [0.4, 0.5) is 0 Å². The van der Waals surface area contributed by atoms with Gasteiger partial charge in [0.05, 0.1) is 13.2 Å². The van der Waals surface area contributed by atoms with E-state index >= 15 is 0 Å². The Bertz CT molecular complexity index is 532. The number of carbonyl (C=O) groups is 3. The number of ether oxygens (including phenoxy) is 2. The van der Waals surface area contributed by atoms with Crippen molar-refractivity contribution in [2.24, 2.45) is 5.92 Å². The summed E-state index contributed by atoms with van der Waals surface area (Å²) in [6, 6.07) is 0. The highest BCUT2D eigenvalue weighted by Gasteiger charge is 2.51. The first kappa shape index (κ1) is 17.6. The van der Waals surface area contributed by atoms with Gasteiger partial charge in [0.15, 0.2) is 0 Å². The fourth-order valence-electron chi connectivity index (χ4n) is 2.09. The minimum Gasteiger partial charge on any atom is -0.479 e. The lowest BCUT2D eigenvalue weighted by Gasteiger charge is -2.33. The standard InChI is InChI=1S/C15H18O7/c1-3-12(16)22-9-8-10-6-5-7-11(13(17)21-4-2)15(10,20)14(18)19/h3,5-7,11,20H,1,4,8-9H2,2H3,(H,18,19). The molecule has 0 radical (unpaired) electrons. The van der Waals surface area contributed by atoms with E-state index in [2.05, 4.69) is 6.58 Å². The summed E-state index contributed by atoms with van der Waals surface area (Å²) >= 11 is 0. The summed E-state index contributed by atoms with van der Waals surface area (Å²) in [4.78, 5) is 34.4. The third kappa shape index (κ3) is 3.62. The van der Waals surface area contributed by atoms with Crippen LogP contribution in [0.25, 0.3) is 0 Å². The van der Waals surface area contributed by atoms with E-state index in [9.17, 15) is 24.6 Å². The van der Waals surface area contributed by atoms with E-state index in [0.29, 0.717) is 0 Å². The number of allylic oxidation sites excluding steroid dienone is 2. The molecule has 0 saturated carbocycles. The van der Waals surface area contributed by atoms with E-state index in [0.717, 1.165) is 6.08 Å². The van der Waals surface area contributed by atoms with Crippen LogP contribution in [-0.2, 0) is 23.9 Å². The number of hydrogen-bond donors (Lipinski definition) is 2. The van der Waals surface area contributed by atoms with Crippen LogP contribution in [0, 0.1) is 5.92 Å². The van der Waals surface area contributed by atoms with Gasteiger partial charge in [-0.15, -0.1) is 0 Å². The highest BCUT2D eigenvalue weighted by molar-refractivity contribution is 5.91. The Morgan fingerprint density at radius 2 is 2.09 bits per heavy atom. The van der Waals surface area contributed by atoms with Gasteiger partial charge in [-0.05, 0) is 12.5 Å². The second kappa shape index (κ2) is 7.56. The molecule has 2 N–H and O–H groups in total. The zero-order valence-electron chi connectivity index (χ0n) is 12.2. The largest absolute Gasteiger partial charge is 0.479 e. The first-order valence-electron chi connectivity index (χ1n) is 6.67. The van der Waals surface area contributed by atoms with Gasteiger partial charge in [0.1, 0.15) is 5.92 Å². The quantitative estimate of drug-likeness (QED) is 0.523. The monoisotopic (exact) mass is 310 g/mol. The summed E-state index contributed by atoms with van der Waals surface area (Å²) < 4.78 is 9.56. The van der Waals surface area contributed by atoms with Crippen LogP contribution in [0.3, 0.4) is 0 Å². The van der Waals surface area contributed by atoms with E-state index in [4.69, 9.17) is 9.47 Å². The maximum absolute atomic E-state index is 11.9. The van der Waals surface area contributed by atoms with E-state index in [1.807, 2.05) is 0 Å². The summed E-state index contributed by atoms with van der Waals surface area (Å²) in [6.07, 6.45) is 5.04. The Labute approximate surface area is 127 Å². The molecule has 0 saturated heterocycles. The highest BCUT2D eigenvalue weighted by atomic mass is 16.5. The van der Waals surface area contributed by atoms with Gasteiger partial charge in [-0.1, -0.05) is 24.8 Å². The number of hydrogen-bond acceptors (Lipinski definition) is 6. The highest BCUT2D eigenvalue weighted by Crippen LogP contribution is 2.34. The molecule has 0 spiro atoms. The molecule has 1 aliphatic carbocycles. The van der Waals surface area contributed by atoms with Crippen molar-refractivity contribution in [3.63, 3.8) is 0 Å². The van der Waals surface area contributed by atoms with Crippen molar-refractivity contribution < 1.29 is 34.1 Å². The average Bonchev–Trinajstić information content (AvgIpc) is 2.48. The number of carboxylic acids is 1. The summed E-state index contributed by atoms with van der Waals surface area (Å²) in [5.41, 5.74) is -2.38. The topological polar surface area (TPSA) is 110 Å². The Morgan fingerprint density at radius 3 is 2.64 bits per heavy atom. The lowest BCUT2D eigenvalue weighted by Crippen LogP contribution is -2.51. The lowest BCUT2D eigenvalue weighted by atomic mass is 9.76. The van der Waals surface area contributed by atoms with Crippen LogP contribution in [0.5, 0.6) is 0 Å². The van der Waals surface area contributed by atoms with E-state index in [-0.39, 0.29) is 25.2 Å². The number of aliphatic hydroxyl groups is 1. The van der Waals surface area contributed by atoms with Crippen LogP contribution < -0.4 is 0 Å². The second-order valence-corrected chi connectivity index (χ2v) is 4.50. The predicted octanol–water partition coefficient (Wildman–Crippen LogP) is 0.597. The number of aliphatic carboxylic acids is 1. The maximum atomic E-state index is 11.9. The van der Waals surface area contributed by atoms with Crippen molar-refractivity contribution in [3.05, 3.63) is 36.5 Å². The molecule has 0 amide bonds. The summed E-state index contributed by atoms with van der Waals surface area (Å²) in [7, 11) is 0. The van der Waals surface area contributed by atoms with E-state index < -0.39 is 29.4 Å².